The summed E-state index contributed by atoms with van der Waals surface area (Å²) in [5.74, 6) is 2.15. The number of benzene rings is 2. The SMILES string of the molecule is O=C1/C(=C/c2ccc3c(c2)OCCO3)CCOc2ccccc21. The zero-order valence-electron chi connectivity index (χ0n) is 12.6. The molecule has 2 aliphatic heterocycles. The van der Waals surface area contributed by atoms with Gasteiger partial charge in [-0.2, -0.15) is 0 Å². The van der Waals surface area contributed by atoms with Gasteiger partial charge in [0.1, 0.15) is 19.0 Å². The average Bonchev–Trinajstić information content (AvgIpc) is 2.75. The van der Waals surface area contributed by atoms with Gasteiger partial charge in [0.25, 0.3) is 0 Å². The average molecular weight is 308 g/mol. The second-order valence-electron chi connectivity index (χ2n) is 5.50. The molecular weight excluding hydrogens is 292 g/mol. The van der Waals surface area contributed by atoms with Crippen molar-refractivity contribution in [3.63, 3.8) is 0 Å². The molecule has 0 spiro atoms. The van der Waals surface area contributed by atoms with Gasteiger partial charge in [-0.05, 0) is 35.9 Å². The zero-order valence-corrected chi connectivity index (χ0v) is 12.6. The third-order valence-corrected chi connectivity index (χ3v) is 3.96. The van der Waals surface area contributed by atoms with E-state index in [1.165, 1.54) is 0 Å². The fraction of sp³-hybridized carbons (Fsp3) is 0.211. The van der Waals surface area contributed by atoms with Gasteiger partial charge in [0, 0.05) is 12.0 Å². The minimum absolute atomic E-state index is 0.0213. The summed E-state index contributed by atoms with van der Waals surface area (Å²) in [5, 5.41) is 0. The first-order valence-electron chi connectivity index (χ1n) is 7.68. The molecule has 0 unspecified atom stereocenters. The van der Waals surface area contributed by atoms with E-state index in [-0.39, 0.29) is 5.78 Å². The number of Topliss-reactive ketones (excluding diaryl/α,β-unsaturated/α-hetero) is 1. The number of hydrogen-bond donors (Lipinski definition) is 0. The highest BCUT2D eigenvalue weighted by atomic mass is 16.6. The number of ketones is 1. The maximum Gasteiger partial charge on any atom is 0.192 e. The maximum atomic E-state index is 12.7. The topological polar surface area (TPSA) is 44.8 Å². The maximum absolute atomic E-state index is 12.7. The van der Waals surface area contributed by atoms with Crippen molar-refractivity contribution in [2.75, 3.05) is 19.8 Å². The van der Waals surface area contributed by atoms with Gasteiger partial charge >= 0.3 is 0 Å². The summed E-state index contributed by atoms with van der Waals surface area (Å²) in [6.45, 7) is 1.62. The number of fused-ring (bicyclic) bond motifs is 2. The summed E-state index contributed by atoms with van der Waals surface area (Å²) in [7, 11) is 0. The fourth-order valence-corrected chi connectivity index (χ4v) is 2.83. The number of carbonyl (C=O) groups is 1. The van der Waals surface area contributed by atoms with E-state index in [0.717, 1.165) is 22.6 Å². The quantitative estimate of drug-likeness (QED) is 0.756. The Kier molecular flexibility index (Phi) is 3.50. The molecular formula is C19H16O4. The van der Waals surface area contributed by atoms with E-state index in [9.17, 15) is 4.79 Å². The lowest BCUT2D eigenvalue weighted by molar-refractivity contribution is 0.103. The normalized spacial score (nSPS) is 18.1. The number of ether oxygens (including phenoxy) is 3. The first kappa shape index (κ1) is 13.9. The molecule has 0 N–H and O–H groups in total. The molecule has 0 saturated carbocycles. The largest absolute Gasteiger partial charge is 0.492 e. The minimum atomic E-state index is 0.0213. The van der Waals surface area contributed by atoms with Gasteiger partial charge < -0.3 is 14.2 Å². The van der Waals surface area contributed by atoms with Crippen LogP contribution in [0.2, 0.25) is 0 Å². The van der Waals surface area contributed by atoms with E-state index in [2.05, 4.69) is 0 Å². The molecule has 2 aromatic rings. The van der Waals surface area contributed by atoms with Crippen LogP contribution in [0.15, 0.2) is 48.0 Å². The predicted molar refractivity (Wildman–Crippen MR) is 86.3 cm³/mol. The van der Waals surface area contributed by atoms with Crippen molar-refractivity contribution < 1.29 is 19.0 Å². The molecule has 0 atom stereocenters. The monoisotopic (exact) mass is 308 g/mol. The molecule has 0 fully saturated rings. The Labute approximate surface area is 134 Å². The van der Waals surface area contributed by atoms with Crippen LogP contribution in [0.5, 0.6) is 17.2 Å². The highest BCUT2D eigenvalue weighted by Gasteiger charge is 2.21. The van der Waals surface area contributed by atoms with Gasteiger partial charge in [-0.15, -0.1) is 0 Å². The summed E-state index contributed by atoms with van der Waals surface area (Å²) < 4.78 is 16.8. The molecule has 4 heteroatoms. The Morgan fingerprint density at radius 1 is 0.826 bits per heavy atom. The van der Waals surface area contributed by atoms with E-state index >= 15 is 0 Å². The molecule has 2 aliphatic rings. The van der Waals surface area contributed by atoms with E-state index in [4.69, 9.17) is 14.2 Å². The fourth-order valence-electron chi connectivity index (χ4n) is 2.83. The number of hydrogen-bond acceptors (Lipinski definition) is 4. The van der Waals surface area contributed by atoms with Crippen LogP contribution in [0.3, 0.4) is 0 Å². The summed E-state index contributed by atoms with van der Waals surface area (Å²) in [6.07, 6.45) is 2.49. The number of carbonyl (C=O) groups excluding carboxylic acids is 1. The van der Waals surface area contributed by atoms with Gasteiger partial charge in [0.2, 0.25) is 0 Å². The molecule has 0 saturated heterocycles. The van der Waals surface area contributed by atoms with Crippen molar-refractivity contribution >= 4 is 11.9 Å². The number of para-hydroxylation sites is 1. The molecule has 2 heterocycles. The predicted octanol–water partition coefficient (Wildman–Crippen LogP) is 3.51. The van der Waals surface area contributed by atoms with Crippen molar-refractivity contribution in [2.45, 2.75) is 6.42 Å². The van der Waals surface area contributed by atoms with Crippen molar-refractivity contribution in [3.8, 4) is 17.2 Å². The van der Waals surface area contributed by atoms with Crippen LogP contribution in [0, 0.1) is 0 Å². The summed E-state index contributed by atoms with van der Waals surface area (Å²) >= 11 is 0. The Morgan fingerprint density at radius 2 is 1.61 bits per heavy atom. The van der Waals surface area contributed by atoms with Gasteiger partial charge in [-0.3, -0.25) is 4.79 Å². The van der Waals surface area contributed by atoms with Crippen molar-refractivity contribution in [1.82, 2.24) is 0 Å². The highest BCUT2D eigenvalue weighted by Crippen LogP contribution is 2.33. The van der Waals surface area contributed by atoms with Crippen LogP contribution in [0.1, 0.15) is 22.3 Å². The van der Waals surface area contributed by atoms with Gasteiger partial charge in [-0.25, -0.2) is 0 Å². The molecule has 0 bridgehead atoms. The Morgan fingerprint density at radius 3 is 2.52 bits per heavy atom. The van der Waals surface area contributed by atoms with E-state index in [0.29, 0.717) is 37.6 Å². The van der Waals surface area contributed by atoms with Gasteiger partial charge in [0.05, 0.1) is 12.2 Å². The first-order chi connectivity index (χ1) is 11.3. The second kappa shape index (κ2) is 5.80. The highest BCUT2D eigenvalue weighted by molar-refractivity contribution is 6.13. The molecule has 0 radical (unpaired) electrons. The van der Waals surface area contributed by atoms with Crippen LogP contribution in [0.25, 0.3) is 6.08 Å². The molecule has 2 aromatic carbocycles. The zero-order chi connectivity index (χ0) is 15.6. The molecule has 4 rings (SSSR count). The third kappa shape index (κ3) is 2.68. The summed E-state index contributed by atoms with van der Waals surface area (Å²) in [5.41, 5.74) is 2.29. The Balaban J connectivity index is 1.69. The Bertz CT molecular complexity index is 792. The minimum Gasteiger partial charge on any atom is -0.492 e. The lowest BCUT2D eigenvalue weighted by atomic mass is 9.99. The van der Waals surface area contributed by atoms with Crippen LogP contribution in [-0.4, -0.2) is 25.6 Å². The van der Waals surface area contributed by atoms with Crippen molar-refractivity contribution in [1.29, 1.82) is 0 Å². The van der Waals surface area contributed by atoms with Gasteiger partial charge in [0.15, 0.2) is 17.3 Å². The Hall–Kier alpha value is -2.75. The molecule has 0 aliphatic carbocycles. The first-order valence-corrected chi connectivity index (χ1v) is 7.68. The van der Waals surface area contributed by atoms with E-state index in [1.807, 2.05) is 42.5 Å². The molecule has 0 aromatic heterocycles. The number of rotatable bonds is 1. The van der Waals surface area contributed by atoms with Crippen LogP contribution >= 0.6 is 0 Å². The smallest absolute Gasteiger partial charge is 0.192 e. The molecule has 0 amide bonds. The second-order valence-corrected chi connectivity index (χ2v) is 5.50. The third-order valence-electron chi connectivity index (χ3n) is 3.96. The van der Waals surface area contributed by atoms with E-state index in [1.54, 1.807) is 6.07 Å². The van der Waals surface area contributed by atoms with Crippen LogP contribution < -0.4 is 14.2 Å². The standard InChI is InChI=1S/C19H16O4/c20-19-14(7-8-21-16-4-2-1-3-15(16)19)11-13-5-6-17-18(12-13)23-10-9-22-17/h1-6,11-12H,7-10H2/b14-11+. The molecule has 23 heavy (non-hydrogen) atoms. The summed E-state index contributed by atoms with van der Waals surface area (Å²) in [4.78, 5) is 12.7. The van der Waals surface area contributed by atoms with Crippen molar-refractivity contribution in [2.24, 2.45) is 0 Å². The molecule has 116 valence electrons. The lowest BCUT2D eigenvalue weighted by Crippen LogP contribution is -2.15. The van der Waals surface area contributed by atoms with Crippen molar-refractivity contribution in [3.05, 3.63) is 59.2 Å². The van der Waals surface area contributed by atoms with Crippen LogP contribution in [-0.2, 0) is 0 Å². The summed E-state index contributed by atoms with van der Waals surface area (Å²) in [6, 6.07) is 13.1. The van der Waals surface area contributed by atoms with E-state index < -0.39 is 0 Å². The van der Waals surface area contributed by atoms with Crippen LogP contribution in [0.4, 0.5) is 0 Å². The lowest BCUT2D eigenvalue weighted by Gasteiger charge is -2.18. The van der Waals surface area contributed by atoms with Gasteiger partial charge in [-0.1, -0.05) is 18.2 Å². The molecule has 4 nitrogen and oxygen atoms in total.